The van der Waals surface area contributed by atoms with Crippen LogP contribution < -0.4 is 4.90 Å². The van der Waals surface area contributed by atoms with Gasteiger partial charge in [-0.3, -0.25) is 0 Å². The van der Waals surface area contributed by atoms with Crippen molar-refractivity contribution in [3.05, 3.63) is 24.7 Å². The number of hydrogen-bond acceptors (Lipinski definition) is 4. The summed E-state index contributed by atoms with van der Waals surface area (Å²) >= 11 is 0. The molecule has 0 aliphatic rings. The van der Waals surface area contributed by atoms with Crippen molar-refractivity contribution in [2.24, 2.45) is 0 Å². The first-order chi connectivity index (χ1) is 7.33. The van der Waals surface area contributed by atoms with Crippen molar-refractivity contribution in [2.75, 3.05) is 18.5 Å². The highest BCUT2D eigenvalue weighted by atomic mass is 15.3. The molecule has 0 saturated carbocycles. The molecule has 0 radical (unpaired) electrons. The third-order valence-corrected chi connectivity index (χ3v) is 2.22. The summed E-state index contributed by atoms with van der Waals surface area (Å²) in [5, 5.41) is 12.6. The number of hydrogen-bond donors (Lipinski definition) is 0. The normalized spacial score (nSPS) is 10.1. The van der Waals surface area contributed by atoms with Gasteiger partial charge in [-0.05, 0) is 6.07 Å². The van der Waals surface area contributed by atoms with Crippen molar-refractivity contribution >= 4 is 11.3 Å². The van der Waals surface area contributed by atoms with E-state index in [2.05, 4.69) is 16.2 Å². The van der Waals surface area contributed by atoms with Gasteiger partial charge in [-0.15, -0.1) is 0 Å². The third-order valence-electron chi connectivity index (χ3n) is 2.22. The molecule has 0 aliphatic carbocycles. The molecule has 0 atom stereocenters. The molecular weight excluding hydrogens is 190 g/mol. The molecule has 0 amide bonds. The quantitative estimate of drug-likeness (QED) is 0.745. The monoisotopic (exact) mass is 201 g/mol. The number of anilines is 1. The second kappa shape index (κ2) is 3.96. The molecule has 0 unspecified atom stereocenters. The third kappa shape index (κ3) is 1.74. The highest BCUT2D eigenvalue weighted by Gasteiger charge is 2.07. The van der Waals surface area contributed by atoms with Crippen LogP contribution >= 0.6 is 0 Å². The molecule has 0 spiro atoms. The highest BCUT2D eigenvalue weighted by molar-refractivity contribution is 5.67. The predicted octanol–water partition coefficient (Wildman–Crippen LogP) is 1.08. The van der Waals surface area contributed by atoms with E-state index in [1.807, 2.05) is 18.0 Å². The van der Waals surface area contributed by atoms with Crippen LogP contribution in [0.2, 0.25) is 0 Å². The van der Waals surface area contributed by atoms with Crippen LogP contribution in [0.5, 0.6) is 0 Å². The van der Waals surface area contributed by atoms with Gasteiger partial charge in [0.2, 0.25) is 0 Å². The molecule has 0 N–H and O–H groups in total. The van der Waals surface area contributed by atoms with Gasteiger partial charge in [0.05, 0.1) is 18.7 Å². The molecule has 0 aromatic carbocycles. The van der Waals surface area contributed by atoms with Crippen molar-refractivity contribution in [2.45, 2.75) is 6.42 Å². The Balaban J connectivity index is 2.34. The van der Waals surface area contributed by atoms with Crippen LogP contribution in [-0.2, 0) is 0 Å². The van der Waals surface area contributed by atoms with E-state index in [-0.39, 0.29) is 0 Å². The lowest BCUT2D eigenvalue weighted by atomic mass is 10.4. The smallest absolute Gasteiger partial charge is 0.154 e. The molecule has 5 heteroatoms. The molecule has 15 heavy (non-hydrogen) atoms. The van der Waals surface area contributed by atoms with E-state index in [1.165, 1.54) is 0 Å². The molecule has 5 nitrogen and oxygen atoms in total. The summed E-state index contributed by atoms with van der Waals surface area (Å²) in [6, 6.07) is 4.03. The van der Waals surface area contributed by atoms with E-state index < -0.39 is 0 Å². The van der Waals surface area contributed by atoms with Gasteiger partial charge in [0.15, 0.2) is 5.82 Å². The average Bonchev–Trinajstić information content (AvgIpc) is 2.73. The van der Waals surface area contributed by atoms with E-state index in [0.29, 0.717) is 13.0 Å². The van der Waals surface area contributed by atoms with E-state index in [0.717, 1.165) is 11.3 Å². The molecule has 76 valence electrons. The summed E-state index contributed by atoms with van der Waals surface area (Å²) in [7, 11) is 1.92. The van der Waals surface area contributed by atoms with Crippen molar-refractivity contribution in [3.63, 3.8) is 0 Å². The van der Waals surface area contributed by atoms with E-state index in [9.17, 15) is 0 Å². The molecule has 2 heterocycles. The van der Waals surface area contributed by atoms with Crippen LogP contribution in [0.3, 0.4) is 0 Å². The van der Waals surface area contributed by atoms with Gasteiger partial charge in [-0.25, -0.2) is 9.50 Å². The summed E-state index contributed by atoms with van der Waals surface area (Å²) < 4.78 is 1.77. The van der Waals surface area contributed by atoms with Crippen LogP contribution in [0.25, 0.3) is 5.52 Å². The maximum atomic E-state index is 8.52. The zero-order chi connectivity index (χ0) is 10.7. The average molecular weight is 201 g/mol. The minimum absolute atomic E-state index is 0.493. The van der Waals surface area contributed by atoms with Crippen LogP contribution in [0, 0.1) is 11.3 Å². The molecule has 0 saturated heterocycles. The van der Waals surface area contributed by atoms with Crippen molar-refractivity contribution in [3.8, 4) is 6.07 Å². The largest absolute Gasteiger partial charge is 0.357 e. The van der Waals surface area contributed by atoms with Crippen molar-refractivity contribution in [1.29, 1.82) is 5.26 Å². The number of nitriles is 1. The van der Waals surface area contributed by atoms with Crippen LogP contribution in [-0.4, -0.2) is 28.2 Å². The minimum Gasteiger partial charge on any atom is -0.357 e. The zero-order valence-electron chi connectivity index (χ0n) is 8.46. The van der Waals surface area contributed by atoms with Gasteiger partial charge in [0.25, 0.3) is 0 Å². The van der Waals surface area contributed by atoms with E-state index in [1.54, 1.807) is 23.1 Å². The van der Waals surface area contributed by atoms with E-state index in [4.69, 9.17) is 5.26 Å². The molecule has 0 bridgehead atoms. The Labute approximate surface area is 87.6 Å². The standard InChI is InChI=1S/C10H11N5/c1-14(7-2-4-11)10-9-3-5-13-15(9)8-6-12-10/h3,5-6,8H,2,7H2,1H3. The fourth-order valence-corrected chi connectivity index (χ4v) is 1.46. The molecular formula is C10H11N5. The maximum absolute atomic E-state index is 8.52. The second-order valence-corrected chi connectivity index (χ2v) is 3.24. The first kappa shape index (κ1) is 9.46. The predicted molar refractivity (Wildman–Crippen MR) is 56.5 cm³/mol. The zero-order valence-corrected chi connectivity index (χ0v) is 8.46. The van der Waals surface area contributed by atoms with Gasteiger partial charge in [0.1, 0.15) is 5.52 Å². The first-order valence-corrected chi connectivity index (χ1v) is 4.69. The summed E-state index contributed by atoms with van der Waals surface area (Å²) in [4.78, 5) is 6.25. The molecule has 0 aliphatic heterocycles. The summed E-state index contributed by atoms with van der Waals surface area (Å²) in [6.07, 6.45) is 5.74. The van der Waals surface area contributed by atoms with Gasteiger partial charge in [0, 0.05) is 26.0 Å². The number of fused-ring (bicyclic) bond motifs is 1. The Bertz CT molecular complexity index is 496. The summed E-state index contributed by atoms with van der Waals surface area (Å²) in [6.45, 7) is 0.675. The fraction of sp³-hybridized carbons (Fsp3) is 0.300. The lowest BCUT2D eigenvalue weighted by Crippen LogP contribution is -2.20. The summed E-state index contributed by atoms with van der Waals surface area (Å²) in [5.74, 6) is 0.852. The number of rotatable bonds is 3. The number of aromatic nitrogens is 3. The highest BCUT2D eigenvalue weighted by Crippen LogP contribution is 2.16. The van der Waals surface area contributed by atoms with E-state index >= 15 is 0 Å². The molecule has 0 fully saturated rings. The molecule has 2 aromatic rings. The van der Waals surface area contributed by atoms with Gasteiger partial charge in [-0.2, -0.15) is 10.4 Å². The number of nitrogens with zero attached hydrogens (tertiary/aromatic N) is 5. The Morgan fingerprint density at radius 2 is 2.40 bits per heavy atom. The second-order valence-electron chi connectivity index (χ2n) is 3.24. The lowest BCUT2D eigenvalue weighted by molar-refractivity contribution is 0.869. The summed E-state index contributed by atoms with van der Waals surface area (Å²) in [5.41, 5.74) is 0.956. The minimum atomic E-state index is 0.493. The van der Waals surface area contributed by atoms with Gasteiger partial charge >= 0.3 is 0 Å². The van der Waals surface area contributed by atoms with Gasteiger partial charge in [-0.1, -0.05) is 0 Å². The first-order valence-electron chi connectivity index (χ1n) is 4.69. The van der Waals surface area contributed by atoms with Crippen molar-refractivity contribution < 1.29 is 0 Å². The SMILES string of the molecule is CN(CCC#N)c1nccn2nccc12. The maximum Gasteiger partial charge on any atom is 0.154 e. The Morgan fingerprint density at radius 3 is 3.20 bits per heavy atom. The lowest BCUT2D eigenvalue weighted by Gasteiger charge is -2.16. The van der Waals surface area contributed by atoms with Crippen LogP contribution in [0.4, 0.5) is 5.82 Å². The van der Waals surface area contributed by atoms with Crippen LogP contribution in [0.1, 0.15) is 6.42 Å². The van der Waals surface area contributed by atoms with Crippen molar-refractivity contribution in [1.82, 2.24) is 14.6 Å². The molecule has 2 aromatic heterocycles. The fourth-order valence-electron chi connectivity index (χ4n) is 1.46. The Morgan fingerprint density at radius 1 is 1.53 bits per heavy atom. The topological polar surface area (TPSA) is 57.2 Å². The van der Waals surface area contributed by atoms with Gasteiger partial charge < -0.3 is 4.90 Å². The Hall–Kier alpha value is -2.09. The van der Waals surface area contributed by atoms with Crippen LogP contribution in [0.15, 0.2) is 24.7 Å². The molecule has 2 rings (SSSR count). The Kier molecular flexibility index (Phi) is 2.50.